The minimum absolute atomic E-state index is 0.0882. The number of pyridine rings is 3. The van der Waals surface area contributed by atoms with Gasteiger partial charge in [-0.2, -0.15) is 0 Å². The number of esters is 1. The van der Waals surface area contributed by atoms with Crippen LogP contribution in [0.4, 0.5) is 11.6 Å². The fourth-order valence-corrected chi connectivity index (χ4v) is 6.20. The van der Waals surface area contributed by atoms with Gasteiger partial charge in [-0.1, -0.05) is 20.3 Å². The van der Waals surface area contributed by atoms with Gasteiger partial charge in [-0.05, 0) is 49.4 Å². The van der Waals surface area contributed by atoms with E-state index in [1.54, 1.807) is 24.5 Å². The number of hydrogen-bond acceptors (Lipinski definition) is 10. The standard InChI is InChI=1S/C28H35N5O5S/c1-6-7-22(29)20-13-31-26(37-16-10-17(11-16)39(5,35)36)21-14-30-24(12-19(20)21)32-23-9-8-18-25(33-23)15(2)28(3,4)38-27(18)34/h8-9,12-17,22H,6-7,10-11,29H2,1-5H3,(H,30,32,33)/t15-,16-,17+,22-/m1/s1. The van der Waals surface area contributed by atoms with E-state index < -0.39 is 15.4 Å². The zero-order chi connectivity index (χ0) is 28.1. The van der Waals surface area contributed by atoms with Gasteiger partial charge in [0, 0.05) is 43.5 Å². The number of cyclic esters (lactones) is 1. The molecule has 10 nitrogen and oxygen atoms in total. The second kappa shape index (κ2) is 10.0. The smallest absolute Gasteiger partial charge is 0.340 e. The molecular formula is C28H35N5O5S. The molecule has 1 aliphatic carbocycles. The van der Waals surface area contributed by atoms with Crippen molar-refractivity contribution in [3.63, 3.8) is 0 Å². The van der Waals surface area contributed by atoms with Crippen molar-refractivity contribution < 1.29 is 22.7 Å². The van der Waals surface area contributed by atoms with Gasteiger partial charge in [0.15, 0.2) is 9.84 Å². The highest BCUT2D eigenvalue weighted by atomic mass is 32.2. The first kappa shape index (κ1) is 27.3. The maximum atomic E-state index is 12.5. The molecule has 1 aliphatic heterocycles. The molecule has 0 bridgehead atoms. The summed E-state index contributed by atoms with van der Waals surface area (Å²) in [5, 5.41) is 4.46. The van der Waals surface area contributed by atoms with E-state index in [4.69, 9.17) is 20.2 Å². The predicted molar refractivity (Wildman–Crippen MR) is 149 cm³/mol. The van der Waals surface area contributed by atoms with Gasteiger partial charge in [-0.15, -0.1) is 0 Å². The maximum Gasteiger partial charge on any atom is 0.340 e. The molecule has 2 aliphatic rings. The molecule has 3 N–H and O–H groups in total. The Bertz CT molecular complexity index is 1530. The van der Waals surface area contributed by atoms with Crippen molar-refractivity contribution >= 4 is 38.2 Å². The Hall–Kier alpha value is -3.31. The summed E-state index contributed by atoms with van der Waals surface area (Å²) in [5.74, 6) is 1.07. The van der Waals surface area contributed by atoms with Gasteiger partial charge < -0.3 is 20.5 Å². The third kappa shape index (κ3) is 5.29. The zero-order valence-electron chi connectivity index (χ0n) is 22.9. The third-order valence-corrected chi connectivity index (χ3v) is 9.51. The summed E-state index contributed by atoms with van der Waals surface area (Å²) < 4.78 is 35.3. The van der Waals surface area contributed by atoms with Gasteiger partial charge in [0.25, 0.3) is 0 Å². The Labute approximate surface area is 228 Å². The van der Waals surface area contributed by atoms with E-state index >= 15 is 0 Å². The monoisotopic (exact) mass is 553 g/mol. The van der Waals surface area contributed by atoms with E-state index in [1.165, 1.54) is 6.26 Å². The fraction of sp³-hybridized carbons (Fsp3) is 0.500. The first-order valence-electron chi connectivity index (χ1n) is 13.3. The number of nitrogens with one attached hydrogen (secondary N) is 1. The second-order valence-electron chi connectivity index (χ2n) is 11.2. The average Bonchev–Trinajstić information content (AvgIpc) is 2.83. The molecule has 0 spiro atoms. The number of ether oxygens (including phenoxy) is 2. The molecule has 0 aromatic carbocycles. The quantitative estimate of drug-likeness (QED) is 0.380. The van der Waals surface area contributed by atoms with E-state index in [0.717, 1.165) is 23.8 Å². The average molecular weight is 554 g/mol. The summed E-state index contributed by atoms with van der Waals surface area (Å²) in [5.41, 5.74) is 7.88. The lowest BCUT2D eigenvalue weighted by Crippen LogP contribution is -2.42. The number of hydrogen-bond donors (Lipinski definition) is 2. The van der Waals surface area contributed by atoms with Crippen molar-refractivity contribution in [2.45, 2.75) is 82.3 Å². The molecule has 5 rings (SSSR count). The molecule has 0 unspecified atom stereocenters. The van der Waals surface area contributed by atoms with Crippen LogP contribution in [0, 0.1) is 0 Å². The molecular weight excluding hydrogens is 518 g/mol. The zero-order valence-corrected chi connectivity index (χ0v) is 23.7. The predicted octanol–water partition coefficient (Wildman–Crippen LogP) is 4.58. The van der Waals surface area contributed by atoms with Crippen LogP contribution in [0.1, 0.15) is 87.0 Å². The van der Waals surface area contributed by atoms with Crippen LogP contribution in [0.5, 0.6) is 5.88 Å². The third-order valence-electron chi connectivity index (χ3n) is 7.91. The first-order valence-corrected chi connectivity index (χ1v) is 15.2. The lowest BCUT2D eigenvalue weighted by Gasteiger charge is -2.36. The fourth-order valence-electron chi connectivity index (χ4n) is 5.07. The number of sulfone groups is 1. The number of carbonyl (C=O) groups excluding carboxylic acids is 1. The van der Waals surface area contributed by atoms with E-state index in [0.29, 0.717) is 47.0 Å². The summed E-state index contributed by atoms with van der Waals surface area (Å²) in [4.78, 5) is 26.3. The molecule has 0 saturated heterocycles. The Morgan fingerprint density at radius 1 is 1.18 bits per heavy atom. The number of nitrogens with zero attached hydrogens (tertiary/aromatic N) is 3. The van der Waals surface area contributed by atoms with Crippen molar-refractivity contribution in [1.82, 2.24) is 15.0 Å². The summed E-state index contributed by atoms with van der Waals surface area (Å²) in [6.45, 7) is 7.83. The Morgan fingerprint density at radius 3 is 2.62 bits per heavy atom. The molecule has 0 radical (unpaired) electrons. The first-order chi connectivity index (χ1) is 18.4. The normalized spacial score (nSPS) is 22.9. The highest BCUT2D eigenvalue weighted by molar-refractivity contribution is 7.91. The van der Waals surface area contributed by atoms with Crippen LogP contribution >= 0.6 is 0 Å². The van der Waals surface area contributed by atoms with E-state index in [1.807, 2.05) is 26.8 Å². The summed E-state index contributed by atoms with van der Waals surface area (Å²) in [6, 6.07) is 5.14. The van der Waals surface area contributed by atoms with Gasteiger partial charge in [0.1, 0.15) is 23.3 Å². The van der Waals surface area contributed by atoms with Crippen molar-refractivity contribution in [3.8, 4) is 5.88 Å². The SMILES string of the molecule is CCC[C@@H](N)c1cnc(O[C@H]2C[C@@H](S(C)(=O)=O)C2)c2cnc(Nc3ccc4c(n3)[C@@H](C)C(C)(C)OC4=O)cc12. The van der Waals surface area contributed by atoms with Crippen LogP contribution in [-0.2, 0) is 14.6 Å². The van der Waals surface area contributed by atoms with Gasteiger partial charge >= 0.3 is 5.97 Å². The maximum absolute atomic E-state index is 12.5. The van der Waals surface area contributed by atoms with E-state index in [9.17, 15) is 13.2 Å². The molecule has 0 amide bonds. The molecule has 3 aromatic rings. The van der Waals surface area contributed by atoms with Crippen LogP contribution in [0.3, 0.4) is 0 Å². The molecule has 11 heteroatoms. The number of aromatic nitrogens is 3. The molecule has 1 saturated carbocycles. The highest BCUT2D eigenvalue weighted by Gasteiger charge is 2.40. The number of nitrogens with two attached hydrogens (primary N) is 1. The van der Waals surface area contributed by atoms with Crippen molar-refractivity contribution in [1.29, 1.82) is 0 Å². The van der Waals surface area contributed by atoms with Crippen molar-refractivity contribution in [2.24, 2.45) is 5.73 Å². The molecule has 2 atom stereocenters. The molecule has 39 heavy (non-hydrogen) atoms. The van der Waals surface area contributed by atoms with Crippen LogP contribution in [0.15, 0.2) is 30.6 Å². The van der Waals surface area contributed by atoms with E-state index in [-0.39, 0.29) is 29.3 Å². The largest absolute Gasteiger partial charge is 0.474 e. The lowest BCUT2D eigenvalue weighted by molar-refractivity contribution is -0.0189. The van der Waals surface area contributed by atoms with Gasteiger partial charge in [-0.3, -0.25) is 0 Å². The minimum Gasteiger partial charge on any atom is -0.474 e. The van der Waals surface area contributed by atoms with Gasteiger partial charge in [0.05, 0.1) is 21.9 Å². The molecule has 208 valence electrons. The van der Waals surface area contributed by atoms with Crippen LogP contribution in [0.25, 0.3) is 10.8 Å². The topological polar surface area (TPSA) is 146 Å². The molecule has 3 aromatic heterocycles. The highest BCUT2D eigenvalue weighted by Crippen LogP contribution is 2.39. The van der Waals surface area contributed by atoms with Crippen LogP contribution < -0.4 is 15.8 Å². The minimum atomic E-state index is -3.08. The summed E-state index contributed by atoms with van der Waals surface area (Å²) >= 11 is 0. The van der Waals surface area contributed by atoms with Gasteiger partial charge in [0.2, 0.25) is 5.88 Å². The summed E-state index contributed by atoms with van der Waals surface area (Å²) in [7, 11) is -3.08. The lowest BCUT2D eigenvalue weighted by atomic mass is 9.84. The molecule has 4 heterocycles. The number of rotatable bonds is 8. The number of anilines is 2. The summed E-state index contributed by atoms with van der Waals surface area (Å²) in [6.07, 6.45) is 7.06. The van der Waals surface area contributed by atoms with Crippen LogP contribution in [0.2, 0.25) is 0 Å². The van der Waals surface area contributed by atoms with Crippen molar-refractivity contribution in [2.75, 3.05) is 11.6 Å². The number of fused-ring (bicyclic) bond motifs is 2. The Morgan fingerprint density at radius 2 is 1.92 bits per heavy atom. The Balaban J connectivity index is 1.47. The van der Waals surface area contributed by atoms with Crippen molar-refractivity contribution in [3.05, 3.63) is 47.4 Å². The second-order valence-corrected chi connectivity index (χ2v) is 13.5. The molecule has 1 fully saturated rings. The van der Waals surface area contributed by atoms with Crippen LogP contribution in [-0.4, -0.2) is 52.5 Å². The number of carbonyl (C=O) groups is 1. The Kier molecular flexibility index (Phi) is 7.00. The van der Waals surface area contributed by atoms with E-state index in [2.05, 4.69) is 22.2 Å². The van der Waals surface area contributed by atoms with Gasteiger partial charge in [-0.25, -0.2) is 28.2 Å².